The molecule has 0 unspecified atom stereocenters. The largest absolute Gasteiger partial charge is 0.467 e. The molecular weight excluding hydrogens is 480 g/mol. The molecule has 34 heavy (non-hydrogen) atoms. The van der Waals surface area contributed by atoms with Gasteiger partial charge < -0.3 is 14.4 Å². The second-order valence-electron chi connectivity index (χ2n) is 8.29. The first-order valence-corrected chi connectivity index (χ1v) is 13.2. The number of hydrogen-bond donors (Lipinski definition) is 1. The fraction of sp³-hybridized carbons (Fsp3) is 0.417. The summed E-state index contributed by atoms with van der Waals surface area (Å²) < 4.78 is 37.3. The first-order valence-electron chi connectivity index (χ1n) is 10.9. The van der Waals surface area contributed by atoms with Gasteiger partial charge in [0.05, 0.1) is 26.1 Å². The summed E-state index contributed by atoms with van der Waals surface area (Å²) in [4.78, 5) is 27.3. The number of rotatable bonds is 10. The number of carbonyl (C=O) groups is 2. The van der Waals surface area contributed by atoms with Crippen molar-refractivity contribution in [2.24, 2.45) is 0 Å². The Hall–Kier alpha value is -2.46. The van der Waals surface area contributed by atoms with Gasteiger partial charge in [-0.25, -0.2) is 17.9 Å². The quantitative estimate of drug-likeness (QED) is 0.495. The highest BCUT2D eigenvalue weighted by Crippen LogP contribution is 2.25. The van der Waals surface area contributed by atoms with E-state index < -0.39 is 40.1 Å². The molecule has 1 fully saturated rings. The summed E-state index contributed by atoms with van der Waals surface area (Å²) in [5.74, 6) is -1.04. The van der Waals surface area contributed by atoms with Crippen molar-refractivity contribution in [2.45, 2.75) is 44.1 Å². The van der Waals surface area contributed by atoms with E-state index in [1.807, 2.05) is 42.5 Å². The Morgan fingerprint density at radius 3 is 2.41 bits per heavy atom. The van der Waals surface area contributed by atoms with Crippen LogP contribution in [0.2, 0.25) is 5.02 Å². The van der Waals surface area contributed by atoms with E-state index in [2.05, 4.69) is 4.72 Å². The molecule has 0 bridgehead atoms. The number of methoxy groups -OCH3 is 1. The number of nitrogens with zero attached hydrogens (tertiary/aromatic N) is 1. The summed E-state index contributed by atoms with van der Waals surface area (Å²) in [5, 5.41) is 0.618. The van der Waals surface area contributed by atoms with Crippen molar-refractivity contribution in [1.82, 2.24) is 9.62 Å². The molecule has 0 aliphatic carbocycles. The molecule has 2 aromatic rings. The molecule has 0 aromatic heterocycles. The molecule has 0 radical (unpaired) electrons. The van der Waals surface area contributed by atoms with Crippen LogP contribution in [-0.4, -0.2) is 63.3 Å². The number of likely N-dealkylation sites (tertiary alicyclic amines) is 1. The van der Waals surface area contributed by atoms with Gasteiger partial charge >= 0.3 is 5.97 Å². The number of carbonyl (C=O) groups excluding carboxylic acids is 2. The third-order valence-electron chi connectivity index (χ3n) is 5.64. The summed E-state index contributed by atoms with van der Waals surface area (Å²) in [5.41, 5.74) is 1.88. The van der Waals surface area contributed by atoms with Gasteiger partial charge in [0.25, 0.3) is 0 Å². The number of halogens is 1. The lowest BCUT2D eigenvalue weighted by molar-refractivity contribution is -0.151. The summed E-state index contributed by atoms with van der Waals surface area (Å²) in [6.07, 6.45) is 1.60. The molecule has 3 atom stereocenters. The van der Waals surface area contributed by atoms with E-state index >= 15 is 0 Å². The minimum Gasteiger partial charge on any atom is -0.467 e. The normalized spacial score (nSPS) is 19.1. The zero-order valence-electron chi connectivity index (χ0n) is 19.1. The van der Waals surface area contributed by atoms with E-state index in [1.165, 1.54) is 12.0 Å². The molecule has 1 N–H and O–H groups in total. The van der Waals surface area contributed by atoms with Crippen LogP contribution in [0.5, 0.6) is 0 Å². The third-order valence-corrected chi connectivity index (χ3v) is 6.60. The lowest BCUT2D eigenvalue weighted by atomic mass is 10.0. The van der Waals surface area contributed by atoms with E-state index in [4.69, 9.17) is 21.1 Å². The summed E-state index contributed by atoms with van der Waals surface area (Å²) in [6.45, 7) is 0.441. The van der Waals surface area contributed by atoms with Crippen LogP contribution in [0.3, 0.4) is 0 Å². The van der Waals surface area contributed by atoms with Crippen molar-refractivity contribution in [3.05, 3.63) is 70.7 Å². The molecule has 1 heterocycles. The minimum absolute atomic E-state index is 0.152. The fourth-order valence-electron chi connectivity index (χ4n) is 3.96. The van der Waals surface area contributed by atoms with Crippen LogP contribution >= 0.6 is 11.6 Å². The fourth-order valence-corrected chi connectivity index (χ4v) is 4.82. The SMILES string of the molecule is COC(=O)[C@@H]1C[C@@H](OCc2ccc(Cl)cc2)CN1C(=O)[C@@H](CCc1ccccc1)NS(C)(=O)=O. The van der Waals surface area contributed by atoms with Gasteiger partial charge in [-0.3, -0.25) is 4.79 Å². The zero-order chi connectivity index (χ0) is 24.7. The standard InChI is InChI=1S/C24H29ClN2O6S/c1-32-24(29)22-14-20(33-16-18-8-11-19(25)12-9-18)15-27(22)23(28)21(26-34(2,30)31)13-10-17-6-4-3-5-7-17/h3-9,11-12,20-22,26H,10,13-16H2,1-2H3/t20-,21-,22+/m1/s1. The highest BCUT2D eigenvalue weighted by atomic mass is 35.5. The van der Waals surface area contributed by atoms with Gasteiger partial charge in [-0.15, -0.1) is 0 Å². The number of amides is 1. The summed E-state index contributed by atoms with van der Waals surface area (Å²) in [7, 11) is -2.41. The third kappa shape index (κ3) is 7.53. The smallest absolute Gasteiger partial charge is 0.328 e. The summed E-state index contributed by atoms with van der Waals surface area (Å²) in [6, 6.07) is 14.8. The van der Waals surface area contributed by atoms with Crippen molar-refractivity contribution in [2.75, 3.05) is 19.9 Å². The molecular formula is C24H29ClN2O6S. The van der Waals surface area contributed by atoms with Crippen molar-refractivity contribution in [1.29, 1.82) is 0 Å². The van der Waals surface area contributed by atoms with Crippen LogP contribution < -0.4 is 4.72 Å². The Morgan fingerprint density at radius 1 is 1.12 bits per heavy atom. The average Bonchev–Trinajstić information content (AvgIpc) is 3.24. The Kier molecular flexibility index (Phi) is 9.07. The van der Waals surface area contributed by atoms with Gasteiger partial charge in [0.1, 0.15) is 12.1 Å². The topological polar surface area (TPSA) is 102 Å². The number of esters is 1. The molecule has 0 spiro atoms. The second-order valence-corrected chi connectivity index (χ2v) is 10.5. The highest BCUT2D eigenvalue weighted by molar-refractivity contribution is 7.88. The molecule has 10 heteroatoms. The molecule has 3 rings (SSSR count). The maximum atomic E-state index is 13.5. The average molecular weight is 509 g/mol. The Labute approximate surface area is 205 Å². The number of aryl methyl sites for hydroxylation is 1. The first-order chi connectivity index (χ1) is 16.2. The monoisotopic (exact) mass is 508 g/mol. The van der Waals surface area contributed by atoms with Crippen LogP contribution in [0.15, 0.2) is 54.6 Å². The van der Waals surface area contributed by atoms with Crippen molar-refractivity contribution < 1.29 is 27.5 Å². The van der Waals surface area contributed by atoms with Crippen molar-refractivity contribution in [3.63, 3.8) is 0 Å². The number of benzene rings is 2. The molecule has 1 aliphatic rings. The maximum Gasteiger partial charge on any atom is 0.328 e. The molecule has 1 aliphatic heterocycles. The van der Waals surface area contributed by atoms with E-state index in [0.29, 0.717) is 11.4 Å². The predicted octanol–water partition coefficient (Wildman–Crippen LogP) is 2.55. The Balaban J connectivity index is 1.73. The second kappa shape index (κ2) is 11.8. The number of nitrogens with one attached hydrogen (secondary N) is 1. The lowest BCUT2D eigenvalue weighted by Crippen LogP contribution is -2.52. The Bertz CT molecular complexity index is 1080. The molecule has 2 aromatic carbocycles. The van der Waals surface area contributed by atoms with Gasteiger partial charge in [0, 0.05) is 18.0 Å². The van der Waals surface area contributed by atoms with Crippen LogP contribution in [0.4, 0.5) is 0 Å². The van der Waals surface area contributed by atoms with E-state index in [9.17, 15) is 18.0 Å². The van der Waals surface area contributed by atoms with E-state index in [-0.39, 0.29) is 26.0 Å². The maximum absolute atomic E-state index is 13.5. The number of sulfonamides is 1. The predicted molar refractivity (Wildman–Crippen MR) is 129 cm³/mol. The lowest BCUT2D eigenvalue weighted by Gasteiger charge is -2.27. The van der Waals surface area contributed by atoms with Crippen LogP contribution in [0, 0.1) is 0 Å². The van der Waals surface area contributed by atoms with Crippen LogP contribution in [0.1, 0.15) is 24.0 Å². The van der Waals surface area contributed by atoms with Crippen molar-refractivity contribution in [3.8, 4) is 0 Å². The van der Waals surface area contributed by atoms with E-state index in [1.54, 1.807) is 12.1 Å². The zero-order valence-corrected chi connectivity index (χ0v) is 20.7. The minimum atomic E-state index is -3.66. The highest BCUT2D eigenvalue weighted by Gasteiger charge is 2.43. The summed E-state index contributed by atoms with van der Waals surface area (Å²) >= 11 is 5.92. The van der Waals surface area contributed by atoms with Gasteiger partial charge in [0.2, 0.25) is 15.9 Å². The first kappa shape index (κ1) is 26.2. The van der Waals surface area contributed by atoms with Gasteiger partial charge in [-0.1, -0.05) is 54.1 Å². The molecule has 184 valence electrons. The van der Waals surface area contributed by atoms with E-state index in [0.717, 1.165) is 17.4 Å². The van der Waals surface area contributed by atoms with Crippen molar-refractivity contribution >= 4 is 33.5 Å². The molecule has 8 nitrogen and oxygen atoms in total. The Morgan fingerprint density at radius 2 is 1.79 bits per heavy atom. The van der Waals surface area contributed by atoms with Crippen LogP contribution in [-0.2, 0) is 42.1 Å². The number of hydrogen-bond acceptors (Lipinski definition) is 6. The number of ether oxygens (including phenoxy) is 2. The van der Waals surface area contributed by atoms with Gasteiger partial charge in [-0.05, 0) is 36.1 Å². The molecule has 0 saturated carbocycles. The molecule has 1 amide bonds. The molecule has 1 saturated heterocycles. The van der Waals surface area contributed by atoms with Gasteiger partial charge in [0.15, 0.2) is 0 Å². The van der Waals surface area contributed by atoms with Gasteiger partial charge in [-0.2, -0.15) is 0 Å². The van der Waals surface area contributed by atoms with Crippen LogP contribution in [0.25, 0.3) is 0 Å².